The minimum absolute atomic E-state index is 0.484. The Balaban J connectivity index is 2.25. The summed E-state index contributed by atoms with van der Waals surface area (Å²) < 4.78 is 25.2. The first-order valence-corrected chi connectivity index (χ1v) is 7.23. The molecule has 2 aliphatic rings. The van der Waals surface area contributed by atoms with E-state index in [0.29, 0.717) is 45.3 Å². The van der Waals surface area contributed by atoms with Gasteiger partial charge in [-0.2, -0.15) is 4.31 Å². The molecule has 0 aromatic heterocycles. The van der Waals surface area contributed by atoms with E-state index in [1.807, 2.05) is 0 Å². The SMILES string of the molecule is O=CC1(S(=O)(=O)N2CCNCC2)CCCC1. The van der Waals surface area contributed by atoms with E-state index in [1.165, 1.54) is 4.31 Å². The zero-order valence-electron chi connectivity index (χ0n) is 9.31. The Morgan fingerprint density at radius 2 is 1.69 bits per heavy atom. The fourth-order valence-electron chi connectivity index (χ4n) is 2.55. The van der Waals surface area contributed by atoms with Crippen molar-refractivity contribution in [2.45, 2.75) is 30.4 Å². The van der Waals surface area contributed by atoms with Crippen LogP contribution < -0.4 is 5.32 Å². The highest BCUT2D eigenvalue weighted by Crippen LogP contribution is 2.37. The molecule has 1 aliphatic carbocycles. The number of rotatable bonds is 3. The summed E-state index contributed by atoms with van der Waals surface area (Å²) in [7, 11) is -3.45. The van der Waals surface area contributed by atoms with Crippen LogP contribution in [-0.2, 0) is 14.8 Å². The number of hydrogen-bond donors (Lipinski definition) is 1. The van der Waals surface area contributed by atoms with E-state index >= 15 is 0 Å². The van der Waals surface area contributed by atoms with Crippen LogP contribution in [0, 0.1) is 0 Å². The number of hydrogen-bond acceptors (Lipinski definition) is 4. The molecule has 0 radical (unpaired) electrons. The second-order valence-corrected chi connectivity index (χ2v) is 6.82. The van der Waals surface area contributed by atoms with Gasteiger partial charge in [0.25, 0.3) is 0 Å². The Bertz CT molecular complexity index is 354. The second kappa shape index (κ2) is 4.43. The summed E-state index contributed by atoms with van der Waals surface area (Å²) in [6.07, 6.45) is 3.32. The highest BCUT2D eigenvalue weighted by Gasteiger charge is 2.49. The summed E-state index contributed by atoms with van der Waals surface area (Å²) in [5, 5.41) is 3.11. The Hall–Kier alpha value is -0.460. The highest BCUT2D eigenvalue weighted by molar-refractivity contribution is 7.91. The quantitative estimate of drug-likeness (QED) is 0.696. The minimum Gasteiger partial charge on any atom is -0.314 e. The average Bonchev–Trinajstić information content (AvgIpc) is 2.80. The van der Waals surface area contributed by atoms with Crippen molar-refractivity contribution in [2.24, 2.45) is 0 Å². The van der Waals surface area contributed by atoms with Crippen molar-refractivity contribution >= 4 is 16.3 Å². The van der Waals surface area contributed by atoms with Crippen molar-refractivity contribution in [3.05, 3.63) is 0 Å². The summed E-state index contributed by atoms with van der Waals surface area (Å²) >= 11 is 0. The van der Waals surface area contributed by atoms with Gasteiger partial charge in [-0.05, 0) is 12.8 Å². The summed E-state index contributed by atoms with van der Waals surface area (Å²) in [4.78, 5) is 11.2. The van der Waals surface area contributed by atoms with E-state index in [0.717, 1.165) is 12.8 Å². The maximum absolute atomic E-state index is 12.4. The smallest absolute Gasteiger partial charge is 0.226 e. The summed E-state index contributed by atoms with van der Waals surface area (Å²) in [6, 6.07) is 0. The van der Waals surface area contributed by atoms with Crippen LogP contribution >= 0.6 is 0 Å². The maximum Gasteiger partial charge on any atom is 0.226 e. The van der Waals surface area contributed by atoms with Gasteiger partial charge in [-0.3, -0.25) is 0 Å². The van der Waals surface area contributed by atoms with Gasteiger partial charge < -0.3 is 10.1 Å². The van der Waals surface area contributed by atoms with Gasteiger partial charge in [0, 0.05) is 26.2 Å². The lowest BCUT2D eigenvalue weighted by Gasteiger charge is -2.33. The van der Waals surface area contributed by atoms with Crippen molar-refractivity contribution in [2.75, 3.05) is 26.2 Å². The first kappa shape index (κ1) is 12.0. The minimum atomic E-state index is -3.45. The zero-order chi connectivity index (χ0) is 11.6. The molecule has 0 unspecified atom stereocenters. The van der Waals surface area contributed by atoms with E-state index in [1.54, 1.807) is 0 Å². The Morgan fingerprint density at radius 1 is 1.12 bits per heavy atom. The lowest BCUT2D eigenvalue weighted by atomic mass is 10.1. The number of nitrogens with one attached hydrogen (secondary N) is 1. The van der Waals surface area contributed by atoms with Crippen LogP contribution in [0.1, 0.15) is 25.7 Å². The third-order valence-corrected chi connectivity index (χ3v) is 6.17. The van der Waals surface area contributed by atoms with Gasteiger partial charge in [-0.25, -0.2) is 8.42 Å². The number of sulfonamides is 1. The Kier molecular flexibility index (Phi) is 3.32. The molecule has 16 heavy (non-hydrogen) atoms. The van der Waals surface area contributed by atoms with Crippen LogP contribution in [0.15, 0.2) is 0 Å². The molecule has 0 aromatic rings. The zero-order valence-corrected chi connectivity index (χ0v) is 10.1. The predicted molar refractivity (Wildman–Crippen MR) is 60.6 cm³/mol. The molecule has 0 amide bonds. The van der Waals surface area contributed by atoms with Crippen molar-refractivity contribution < 1.29 is 13.2 Å². The fourth-order valence-corrected chi connectivity index (χ4v) is 4.66. The lowest BCUT2D eigenvalue weighted by Crippen LogP contribution is -2.54. The molecule has 1 saturated heterocycles. The van der Waals surface area contributed by atoms with E-state index in [-0.39, 0.29) is 0 Å². The van der Waals surface area contributed by atoms with Crippen LogP contribution in [0.2, 0.25) is 0 Å². The molecule has 1 N–H and O–H groups in total. The second-order valence-electron chi connectivity index (χ2n) is 4.54. The number of aldehydes is 1. The Labute approximate surface area is 96.2 Å². The number of carbonyl (C=O) groups excluding carboxylic acids is 1. The molecule has 0 aromatic carbocycles. The van der Waals surface area contributed by atoms with Gasteiger partial charge in [0.15, 0.2) is 0 Å². The standard InChI is InChI=1S/C10H18N2O3S/c13-9-10(3-1-2-4-10)16(14,15)12-7-5-11-6-8-12/h9,11H,1-8H2. The van der Waals surface area contributed by atoms with Crippen LogP contribution in [0.3, 0.4) is 0 Å². The van der Waals surface area contributed by atoms with Crippen LogP contribution in [0.5, 0.6) is 0 Å². The van der Waals surface area contributed by atoms with Gasteiger partial charge in [0.2, 0.25) is 10.0 Å². The molecule has 6 heteroatoms. The van der Waals surface area contributed by atoms with Crippen molar-refractivity contribution in [1.29, 1.82) is 0 Å². The number of carbonyl (C=O) groups is 1. The van der Waals surface area contributed by atoms with Gasteiger partial charge in [-0.15, -0.1) is 0 Å². The summed E-state index contributed by atoms with van der Waals surface area (Å²) in [5.41, 5.74) is 0. The first-order chi connectivity index (χ1) is 7.62. The molecule has 0 atom stereocenters. The number of piperazine rings is 1. The monoisotopic (exact) mass is 246 g/mol. The average molecular weight is 246 g/mol. The predicted octanol–water partition coefficient (Wildman–Crippen LogP) is -0.267. The molecule has 1 heterocycles. The largest absolute Gasteiger partial charge is 0.314 e. The molecule has 1 saturated carbocycles. The Morgan fingerprint density at radius 3 is 2.19 bits per heavy atom. The molecule has 0 bridgehead atoms. The molecule has 0 spiro atoms. The van der Waals surface area contributed by atoms with Gasteiger partial charge in [-0.1, -0.05) is 12.8 Å². The van der Waals surface area contributed by atoms with E-state index in [2.05, 4.69) is 5.32 Å². The summed E-state index contributed by atoms with van der Waals surface area (Å²) in [5.74, 6) is 0. The van der Waals surface area contributed by atoms with Gasteiger partial charge in [0.1, 0.15) is 11.0 Å². The molecular formula is C10H18N2O3S. The third-order valence-electron chi connectivity index (χ3n) is 3.59. The van der Waals surface area contributed by atoms with E-state index in [4.69, 9.17) is 0 Å². The first-order valence-electron chi connectivity index (χ1n) is 5.79. The number of nitrogens with zero attached hydrogens (tertiary/aromatic N) is 1. The molecule has 5 nitrogen and oxygen atoms in total. The van der Waals surface area contributed by atoms with Crippen LogP contribution in [0.25, 0.3) is 0 Å². The van der Waals surface area contributed by atoms with Gasteiger partial charge in [0.05, 0.1) is 0 Å². The van der Waals surface area contributed by atoms with Crippen LogP contribution in [-0.4, -0.2) is 49.9 Å². The van der Waals surface area contributed by atoms with Crippen molar-refractivity contribution in [3.8, 4) is 0 Å². The third kappa shape index (κ3) is 1.78. The van der Waals surface area contributed by atoms with E-state index < -0.39 is 14.8 Å². The topological polar surface area (TPSA) is 66.5 Å². The summed E-state index contributed by atoms with van der Waals surface area (Å²) in [6.45, 7) is 2.32. The molecular weight excluding hydrogens is 228 g/mol. The molecule has 92 valence electrons. The maximum atomic E-state index is 12.4. The van der Waals surface area contributed by atoms with Crippen molar-refractivity contribution in [1.82, 2.24) is 9.62 Å². The molecule has 1 aliphatic heterocycles. The fraction of sp³-hybridized carbons (Fsp3) is 0.900. The normalized spacial score (nSPS) is 26.8. The highest BCUT2D eigenvalue weighted by atomic mass is 32.2. The molecule has 2 fully saturated rings. The van der Waals surface area contributed by atoms with Gasteiger partial charge >= 0.3 is 0 Å². The van der Waals surface area contributed by atoms with Crippen molar-refractivity contribution in [3.63, 3.8) is 0 Å². The molecule has 2 rings (SSSR count). The van der Waals surface area contributed by atoms with Crippen LogP contribution in [0.4, 0.5) is 0 Å². The van der Waals surface area contributed by atoms with E-state index in [9.17, 15) is 13.2 Å². The lowest BCUT2D eigenvalue weighted by molar-refractivity contribution is -0.110.